The van der Waals surface area contributed by atoms with Crippen LogP contribution in [0.4, 0.5) is 10.7 Å². The lowest BCUT2D eigenvalue weighted by molar-refractivity contribution is -0.398. The first-order chi connectivity index (χ1) is 11.3. The van der Waals surface area contributed by atoms with Gasteiger partial charge in [0.05, 0.1) is 11.5 Å². The van der Waals surface area contributed by atoms with Crippen LogP contribution in [0.25, 0.3) is 0 Å². The Bertz CT molecular complexity index is 832. The molecule has 126 valence electrons. The molecule has 0 fully saturated rings. The summed E-state index contributed by atoms with van der Waals surface area (Å²) in [6, 6.07) is 3.96. The van der Waals surface area contributed by atoms with Crippen LogP contribution in [0.1, 0.15) is 27.7 Å². The summed E-state index contributed by atoms with van der Waals surface area (Å²) in [5.74, 6) is -1.21. The summed E-state index contributed by atoms with van der Waals surface area (Å²) in [6.45, 7) is 3.72. The van der Waals surface area contributed by atoms with Gasteiger partial charge in [0.2, 0.25) is 0 Å². The fourth-order valence-corrected chi connectivity index (χ4v) is 3.03. The standard InChI is InChI=1S/C15H13ClN2O5S/c1-3-23-15(20)14-8(2)4-12(24-14)17-7-9-5-10(16)6-11(13(9)19)18(21)22/h4-7,19H,3H2,1-2H3/p-1. The van der Waals surface area contributed by atoms with E-state index in [0.717, 1.165) is 17.4 Å². The lowest BCUT2D eigenvalue weighted by Gasteiger charge is -2.10. The highest BCUT2D eigenvalue weighted by Crippen LogP contribution is 2.32. The molecule has 0 amide bonds. The summed E-state index contributed by atoms with van der Waals surface area (Å²) >= 11 is 6.90. The Kier molecular flexibility index (Phi) is 5.53. The van der Waals surface area contributed by atoms with Crippen LogP contribution in [0.5, 0.6) is 5.75 Å². The van der Waals surface area contributed by atoms with E-state index in [-0.39, 0.29) is 17.2 Å². The molecule has 24 heavy (non-hydrogen) atoms. The molecule has 0 aliphatic rings. The summed E-state index contributed by atoms with van der Waals surface area (Å²) in [4.78, 5) is 26.3. The van der Waals surface area contributed by atoms with Gasteiger partial charge in [0.1, 0.15) is 9.88 Å². The van der Waals surface area contributed by atoms with Crippen LogP contribution in [0, 0.1) is 17.0 Å². The summed E-state index contributed by atoms with van der Waals surface area (Å²) < 4.78 is 4.94. The van der Waals surface area contributed by atoms with Crippen LogP contribution in [0.2, 0.25) is 5.02 Å². The van der Waals surface area contributed by atoms with Crippen molar-refractivity contribution in [3.8, 4) is 5.75 Å². The van der Waals surface area contributed by atoms with Crippen molar-refractivity contribution in [3.05, 3.63) is 49.3 Å². The number of aliphatic imine (C=N–C) groups is 1. The second-order valence-corrected chi connectivity index (χ2v) is 6.14. The lowest BCUT2D eigenvalue weighted by atomic mass is 10.2. The largest absolute Gasteiger partial charge is 0.867 e. The third-order valence-electron chi connectivity index (χ3n) is 2.96. The molecule has 1 heterocycles. The highest BCUT2D eigenvalue weighted by Gasteiger charge is 2.15. The molecule has 9 heteroatoms. The number of aryl methyl sites for hydroxylation is 1. The Labute approximate surface area is 146 Å². The number of nitro benzene ring substituents is 1. The predicted octanol–water partition coefficient (Wildman–Crippen LogP) is 3.62. The van der Waals surface area contributed by atoms with E-state index in [1.807, 2.05) is 0 Å². The predicted molar refractivity (Wildman–Crippen MR) is 89.8 cm³/mol. The molecule has 0 saturated carbocycles. The Morgan fingerprint density at radius 1 is 1.46 bits per heavy atom. The molecule has 1 aromatic carbocycles. The maximum atomic E-state index is 12.0. The zero-order valence-electron chi connectivity index (χ0n) is 12.7. The number of thiophene rings is 1. The molecular formula is C15H12ClN2O5S-. The monoisotopic (exact) mass is 367 g/mol. The highest BCUT2D eigenvalue weighted by molar-refractivity contribution is 7.17. The number of ether oxygens (including phenoxy) is 1. The molecule has 0 aliphatic carbocycles. The normalized spacial score (nSPS) is 11.0. The van der Waals surface area contributed by atoms with E-state index in [1.165, 1.54) is 12.3 Å². The maximum Gasteiger partial charge on any atom is 0.348 e. The average molecular weight is 368 g/mol. The van der Waals surface area contributed by atoms with Crippen molar-refractivity contribution >= 4 is 45.8 Å². The second-order valence-electron chi connectivity index (χ2n) is 4.68. The van der Waals surface area contributed by atoms with Gasteiger partial charge in [0.15, 0.2) is 0 Å². The van der Waals surface area contributed by atoms with E-state index in [0.29, 0.717) is 15.4 Å². The SMILES string of the molecule is CCOC(=O)c1sc(N=Cc2cc(Cl)cc([N+](=O)[O-])c2[O-])cc1C. The van der Waals surface area contributed by atoms with Crippen molar-refractivity contribution in [1.29, 1.82) is 0 Å². The molecule has 0 radical (unpaired) electrons. The van der Waals surface area contributed by atoms with Crippen molar-refractivity contribution in [2.24, 2.45) is 4.99 Å². The summed E-state index contributed by atoms with van der Waals surface area (Å²) in [6.07, 6.45) is 1.20. The Morgan fingerprint density at radius 2 is 2.17 bits per heavy atom. The molecule has 0 spiro atoms. The Balaban J connectivity index is 2.34. The number of nitrogens with zero attached hydrogens (tertiary/aromatic N) is 2. The van der Waals surface area contributed by atoms with Gasteiger partial charge in [-0.2, -0.15) is 0 Å². The summed E-state index contributed by atoms with van der Waals surface area (Å²) in [5, 5.41) is 23.4. The Hall–Kier alpha value is -2.45. The first-order valence-electron chi connectivity index (χ1n) is 6.80. The van der Waals surface area contributed by atoms with Crippen LogP contribution in [0.15, 0.2) is 23.2 Å². The average Bonchev–Trinajstić information content (AvgIpc) is 2.89. The number of nitro groups is 1. The van der Waals surface area contributed by atoms with Gasteiger partial charge in [0, 0.05) is 17.3 Å². The van der Waals surface area contributed by atoms with Crippen molar-refractivity contribution in [3.63, 3.8) is 0 Å². The zero-order chi connectivity index (χ0) is 17.9. The van der Waals surface area contributed by atoms with Gasteiger partial charge in [-0.05, 0) is 42.9 Å². The molecule has 7 nitrogen and oxygen atoms in total. The highest BCUT2D eigenvalue weighted by atomic mass is 35.5. The first kappa shape index (κ1) is 17.9. The second kappa shape index (κ2) is 7.41. The summed E-state index contributed by atoms with van der Waals surface area (Å²) in [7, 11) is 0. The van der Waals surface area contributed by atoms with Crippen LogP contribution in [-0.2, 0) is 4.74 Å². The van der Waals surface area contributed by atoms with E-state index < -0.39 is 22.3 Å². The third-order valence-corrected chi connectivity index (χ3v) is 4.30. The van der Waals surface area contributed by atoms with Gasteiger partial charge >= 0.3 is 5.97 Å². The minimum Gasteiger partial charge on any atom is -0.867 e. The molecule has 0 bridgehead atoms. The summed E-state index contributed by atoms with van der Waals surface area (Å²) in [5.41, 5.74) is 0.0847. The molecular weight excluding hydrogens is 356 g/mol. The fraction of sp³-hybridized carbons (Fsp3) is 0.200. The number of carbonyl (C=O) groups is 1. The molecule has 2 aromatic rings. The number of halogens is 1. The van der Waals surface area contributed by atoms with Crippen LogP contribution >= 0.6 is 22.9 Å². The molecule has 0 N–H and O–H groups in total. The van der Waals surface area contributed by atoms with Crippen molar-refractivity contribution in [1.82, 2.24) is 0 Å². The van der Waals surface area contributed by atoms with Crippen LogP contribution < -0.4 is 5.11 Å². The number of benzene rings is 1. The van der Waals surface area contributed by atoms with Crippen molar-refractivity contribution in [2.45, 2.75) is 13.8 Å². The van der Waals surface area contributed by atoms with E-state index in [1.54, 1.807) is 19.9 Å². The van der Waals surface area contributed by atoms with Crippen LogP contribution in [0.3, 0.4) is 0 Å². The number of hydrogen-bond acceptors (Lipinski definition) is 7. The van der Waals surface area contributed by atoms with Gasteiger partial charge in [-0.15, -0.1) is 11.3 Å². The van der Waals surface area contributed by atoms with E-state index in [2.05, 4.69) is 4.99 Å². The molecule has 2 rings (SSSR count). The lowest BCUT2D eigenvalue weighted by Crippen LogP contribution is -2.03. The molecule has 1 aromatic heterocycles. The number of esters is 1. The Morgan fingerprint density at radius 3 is 2.79 bits per heavy atom. The third kappa shape index (κ3) is 3.90. The van der Waals surface area contributed by atoms with E-state index >= 15 is 0 Å². The van der Waals surface area contributed by atoms with Gasteiger partial charge in [-0.3, -0.25) is 10.1 Å². The first-order valence-corrected chi connectivity index (χ1v) is 7.99. The minimum absolute atomic E-state index is 0.00191. The van der Waals surface area contributed by atoms with Crippen molar-refractivity contribution in [2.75, 3.05) is 6.61 Å². The molecule has 0 aliphatic heterocycles. The number of carbonyl (C=O) groups excluding carboxylic acids is 1. The number of hydrogen-bond donors (Lipinski definition) is 0. The van der Waals surface area contributed by atoms with E-state index in [9.17, 15) is 20.0 Å². The van der Waals surface area contributed by atoms with Crippen molar-refractivity contribution < 1.29 is 19.6 Å². The quantitative estimate of drug-likeness (QED) is 0.347. The maximum absolute atomic E-state index is 12.0. The van der Waals surface area contributed by atoms with E-state index in [4.69, 9.17) is 16.3 Å². The smallest absolute Gasteiger partial charge is 0.348 e. The van der Waals surface area contributed by atoms with Gasteiger partial charge in [-0.25, -0.2) is 9.79 Å². The van der Waals surface area contributed by atoms with Crippen LogP contribution in [-0.4, -0.2) is 23.7 Å². The zero-order valence-corrected chi connectivity index (χ0v) is 14.3. The minimum atomic E-state index is -0.792. The van der Waals surface area contributed by atoms with Gasteiger partial charge in [0.25, 0.3) is 5.69 Å². The fourth-order valence-electron chi connectivity index (χ4n) is 1.89. The molecule has 0 atom stereocenters. The van der Waals surface area contributed by atoms with Gasteiger partial charge < -0.3 is 9.84 Å². The molecule has 0 unspecified atom stereocenters. The topological polar surface area (TPSA) is 105 Å². The number of rotatable bonds is 5. The van der Waals surface area contributed by atoms with Gasteiger partial charge in [-0.1, -0.05) is 11.6 Å². The molecule has 0 saturated heterocycles.